The summed E-state index contributed by atoms with van der Waals surface area (Å²) in [4.78, 5) is 45.0. The second-order valence-corrected chi connectivity index (χ2v) is 8.32. The van der Waals surface area contributed by atoms with Crippen LogP contribution >= 0.6 is 11.6 Å². The van der Waals surface area contributed by atoms with Gasteiger partial charge in [-0.25, -0.2) is 0 Å². The molecule has 2 aromatic carbocycles. The molecule has 9 heteroatoms. The summed E-state index contributed by atoms with van der Waals surface area (Å²) in [6.07, 6.45) is -0.141. The van der Waals surface area contributed by atoms with Crippen molar-refractivity contribution in [2.24, 2.45) is 0 Å². The van der Waals surface area contributed by atoms with Crippen molar-refractivity contribution >= 4 is 46.6 Å². The van der Waals surface area contributed by atoms with Crippen LogP contribution in [0.5, 0.6) is 0 Å². The number of anilines is 4. The van der Waals surface area contributed by atoms with Crippen molar-refractivity contribution < 1.29 is 9.59 Å². The van der Waals surface area contributed by atoms with Crippen molar-refractivity contribution in [3.05, 3.63) is 75.0 Å². The molecular formula is C23H22ClN5O3. The molecule has 0 saturated heterocycles. The maximum Gasteiger partial charge on any atom is 0.258 e. The summed E-state index contributed by atoms with van der Waals surface area (Å²) in [7, 11) is 0. The Morgan fingerprint density at radius 2 is 1.72 bits per heavy atom. The van der Waals surface area contributed by atoms with Gasteiger partial charge in [-0.05, 0) is 47.9 Å². The lowest BCUT2D eigenvalue weighted by atomic mass is 9.92. The molecule has 4 N–H and O–H groups in total. The quantitative estimate of drug-likeness (QED) is 0.460. The van der Waals surface area contributed by atoms with Gasteiger partial charge < -0.3 is 16.0 Å². The summed E-state index contributed by atoms with van der Waals surface area (Å²) in [5, 5.41) is 8.92. The average Bonchev–Trinajstić information content (AvgIpc) is 2.75. The first-order chi connectivity index (χ1) is 15.3. The number of hydrogen-bond acceptors (Lipinski definition) is 5. The summed E-state index contributed by atoms with van der Waals surface area (Å²) < 4.78 is 0. The van der Waals surface area contributed by atoms with Crippen molar-refractivity contribution in [2.45, 2.75) is 32.1 Å². The molecule has 0 spiro atoms. The Balaban J connectivity index is 1.59. The third-order valence-electron chi connectivity index (χ3n) is 5.22. The van der Waals surface area contributed by atoms with Crippen molar-refractivity contribution in [1.82, 2.24) is 9.97 Å². The maximum absolute atomic E-state index is 13.0. The lowest BCUT2D eigenvalue weighted by molar-refractivity contribution is -0.123. The molecule has 2 heterocycles. The number of nitrogens with zero attached hydrogens (tertiary/aromatic N) is 1. The number of carbonyl (C=O) groups excluding carboxylic acids is 2. The van der Waals surface area contributed by atoms with Crippen LogP contribution in [0.15, 0.2) is 53.3 Å². The predicted octanol–water partition coefficient (Wildman–Crippen LogP) is 4.35. The van der Waals surface area contributed by atoms with Crippen LogP contribution in [0, 0.1) is 0 Å². The molecule has 8 nitrogen and oxygen atoms in total. The summed E-state index contributed by atoms with van der Waals surface area (Å²) >= 11 is 5.89. The molecule has 0 radical (unpaired) electrons. The third-order valence-corrected chi connectivity index (χ3v) is 5.47. The van der Waals surface area contributed by atoms with Gasteiger partial charge in [0.2, 0.25) is 17.8 Å². The van der Waals surface area contributed by atoms with Gasteiger partial charge in [0.25, 0.3) is 5.56 Å². The molecule has 0 aliphatic carbocycles. The van der Waals surface area contributed by atoms with Crippen LogP contribution in [0.25, 0.3) is 0 Å². The lowest BCUT2D eigenvalue weighted by Crippen LogP contribution is -2.36. The fraction of sp³-hybridized carbons (Fsp3) is 0.217. The number of benzene rings is 2. The van der Waals surface area contributed by atoms with Gasteiger partial charge in [-0.2, -0.15) is 4.98 Å². The van der Waals surface area contributed by atoms with E-state index < -0.39 is 17.4 Å². The number of hydrogen-bond donors (Lipinski definition) is 4. The largest absolute Gasteiger partial charge is 0.326 e. The minimum atomic E-state index is -0.954. The maximum atomic E-state index is 13.0. The van der Waals surface area contributed by atoms with Gasteiger partial charge in [-0.3, -0.25) is 19.4 Å². The molecule has 1 unspecified atom stereocenters. The molecule has 1 aromatic heterocycles. The summed E-state index contributed by atoms with van der Waals surface area (Å²) in [6.45, 7) is 4.17. The minimum absolute atomic E-state index is 0.0665. The highest BCUT2D eigenvalue weighted by molar-refractivity contribution is 6.30. The van der Waals surface area contributed by atoms with E-state index >= 15 is 0 Å². The van der Waals surface area contributed by atoms with Crippen molar-refractivity contribution in [3.63, 3.8) is 0 Å². The first-order valence-electron chi connectivity index (χ1n) is 10.2. The summed E-state index contributed by atoms with van der Waals surface area (Å²) in [5.41, 5.74) is 2.02. The Morgan fingerprint density at radius 1 is 1.06 bits per heavy atom. The smallest absolute Gasteiger partial charge is 0.258 e. The average molecular weight is 452 g/mol. The Bertz CT molecular complexity index is 1220. The molecule has 164 valence electrons. The van der Waals surface area contributed by atoms with E-state index in [9.17, 15) is 14.4 Å². The van der Waals surface area contributed by atoms with Gasteiger partial charge in [-0.1, -0.05) is 37.6 Å². The minimum Gasteiger partial charge on any atom is -0.326 e. The zero-order valence-corrected chi connectivity index (χ0v) is 18.3. The number of amides is 2. The molecule has 0 saturated carbocycles. The molecule has 2 amide bonds. The molecular weight excluding hydrogens is 430 g/mol. The van der Waals surface area contributed by atoms with E-state index in [1.807, 2.05) is 12.1 Å². The van der Waals surface area contributed by atoms with E-state index in [0.29, 0.717) is 22.3 Å². The first-order valence-corrected chi connectivity index (χ1v) is 10.6. The van der Waals surface area contributed by atoms with Crippen LogP contribution in [0.4, 0.5) is 23.1 Å². The standard InChI is InChI=1S/C23H22ClN5O3/c1-12(2)13-3-7-15(8-4-13)25-21(31)17-11-18(30)27-20-19(17)22(32)29-23(28-20)26-16-9-5-14(24)6-10-16/h3-10,12,17H,11H2,1-2H3,(H,25,31)(H3,26,27,28,29,30,32). The molecule has 1 aliphatic heterocycles. The number of fused-ring (bicyclic) bond motifs is 1. The number of halogens is 1. The van der Waals surface area contributed by atoms with Crippen molar-refractivity contribution in [1.29, 1.82) is 0 Å². The number of H-pyrrole nitrogens is 1. The van der Waals surface area contributed by atoms with Crippen LogP contribution in [-0.4, -0.2) is 21.8 Å². The number of rotatable bonds is 5. The summed E-state index contributed by atoms with van der Waals surface area (Å²) in [5.74, 6) is -1.20. The van der Waals surface area contributed by atoms with E-state index in [4.69, 9.17) is 11.6 Å². The van der Waals surface area contributed by atoms with E-state index in [1.54, 1.807) is 36.4 Å². The third kappa shape index (κ3) is 4.65. The number of carbonyl (C=O) groups is 2. The Hall–Kier alpha value is -3.65. The van der Waals surface area contributed by atoms with E-state index in [1.165, 1.54) is 0 Å². The second-order valence-electron chi connectivity index (χ2n) is 7.88. The zero-order chi connectivity index (χ0) is 22.8. The van der Waals surface area contributed by atoms with E-state index in [-0.39, 0.29) is 29.7 Å². The number of aromatic amines is 1. The SMILES string of the molecule is CC(C)c1ccc(NC(=O)C2CC(=O)Nc3nc(Nc4ccc(Cl)cc4)[nH]c(=O)c32)cc1. The van der Waals surface area contributed by atoms with Crippen molar-refractivity contribution in [3.8, 4) is 0 Å². The van der Waals surface area contributed by atoms with Crippen LogP contribution in [0.3, 0.4) is 0 Å². The topological polar surface area (TPSA) is 116 Å². The van der Waals surface area contributed by atoms with E-state index in [2.05, 4.69) is 39.8 Å². The molecule has 3 aromatic rings. The second kappa shape index (κ2) is 8.84. The van der Waals surface area contributed by atoms with Gasteiger partial charge >= 0.3 is 0 Å². The molecule has 4 rings (SSSR count). The number of aromatic nitrogens is 2. The molecule has 0 bridgehead atoms. The first kappa shape index (κ1) is 21.6. The monoisotopic (exact) mass is 451 g/mol. The van der Waals surface area contributed by atoms with Crippen molar-refractivity contribution in [2.75, 3.05) is 16.0 Å². The van der Waals surface area contributed by atoms with Gasteiger partial charge in [-0.15, -0.1) is 0 Å². The number of nitrogens with one attached hydrogen (secondary N) is 4. The Kier molecular flexibility index (Phi) is 5.96. The fourth-order valence-electron chi connectivity index (χ4n) is 3.51. The van der Waals surface area contributed by atoms with Gasteiger partial charge in [0.05, 0.1) is 11.5 Å². The van der Waals surface area contributed by atoms with Crippen LogP contribution < -0.4 is 21.5 Å². The predicted molar refractivity (Wildman–Crippen MR) is 125 cm³/mol. The molecule has 32 heavy (non-hydrogen) atoms. The van der Waals surface area contributed by atoms with Crippen LogP contribution in [-0.2, 0) is 9.59 Å². The Morgan fingerprint density at radius 3 is 2.38 bits per heavy atom. The van der Waals surface area contributed by atoms with Gasteiger partial charge in [0.1, 0.15) is 5.82 Å². The van der Waals surface area contributed by atoms with Crippen LogP contribution in [0.1, 0.15) is 43.2 Å². The normalized spacial score (nSPS) is 15.1. The van der Waals surface area contributed by atoms with Crippen LogP contribution in [0.2, 0.25) is 5.02 Å². The van der Waals surface area contributed by atoms with E-state index in [0.717, 1.165) is 5.56 Å². The summed E-state index contributed by atoms with van der Waals surface area (Å²) in [6, 6.07) is 14.3. The molecule has 1 aliphatic rings. The zero-order valence-electron chi connectivity index (χ0n) is 17.5. The fourth-order valence-corrected chi connectivity index (χ4v) is 3.63. The molecule has 0 fully saturated rings. The van der Waals surface area contributed by atoms with Gasteiger partial charge in [0, 0.05) is 22.8 Å². The lowest BCUT2D eigenvalue weighted by Gasteiger charge is -2.23. The highest BCUT2D eigenvalue weighted by atomic mass is 35.5. The highest BCUT2D eigenvalue weighted by Gasteiger charge is 2.34. The van der Waals surface area contributed by atoms with Gasteiger partial charge in [0.15, 0.2) is 0 Å². The Labute approximate surface area is 189 Å². The highest BCUT2D eigenvalue weighted by Crippen LogP contribution is 2.30. The molecule has 1 atom stereocenters.